The van der Waals surface area contributed by atoms with Crippen molar-refractivity contribution in [3.8, 4) is 0 Å². The average molecular weight is 275 g/mol. The molecule has 0 aliphatic heterocycles. The largest absolute Gasteiger partial charge is 0.346 e. The molecule has 0 amide bonds. The molecule has 0 radical (unpaired) electrons. The first-order chi connectivity index (χ1) is 9.15. The molecule has 0 bridgehead atoms. The maximum Gasteiger partial charge on any atom is 0.215 e. The Balaban J connectivity index is 2.05. The minimum atomic E-state index is 0.210. The second-order valence-electron chi connectivity index (χ2n) is 4.42. The number of rotatable bonds is 3. The van der Waals surface area contributed by atoms with Gasteiger partial charge in [0.25, 0.3) is 0 Å². The lowest BCUT2D eigenvalue weighted by Gasteiger charge is -2.07. The van der Waals surface area contributed by atoms with Gasteiger partial charge < -0.3 is 4.98 Å². The predicted octanol–water partition coefficient (Wildman–Crippen LogP) is 1.98. The molecule has 3 heterocycles. The number of hydrogen-bond donors (Lipinski definition) is 1. The third-order valence-corrected chi connectivity index (χ3v) is 3.59. The molecule has 7 nitrogen and oxygen atoms in total. The molecule has 0 saturated heterocycles. The summed E-state index contributed by atoms with van der Waals surface area (Å²) in [5, 5.41) is 14.3. The van der Waals surface area contributed by atoms with E-state index in [1.807, 2.05) is 33.0 Å². The van der Waals surface area contributed by atoms with Crippen LogP contribution in [-0.2, 0) is 0 Å². The summed E-state index contributed by atoms with van der Waals surface area (Å²) in [7, 11) is 0. The van der Waals surface area contributed by atoms with Gasteiger partial charge in [-0.15, -0.1) is 5.10 Å². The monoisotopic (exact) mass is 275 g/mol. The van der Waals surface area contributed by atoms with Crippen LogP contribution in [0.15, 0.2) is 22.4 Å². The Kier molecular flexibility index (Phi) is 2.94. The Bertz CT molecular complexity index is 715. The molecule has 3 aromatic rings. The summed E-state index contributed by atoms with van der Waals surface area (Å²) < 4.78 is 1.78. The van der Waals surface area contributed by atoms with Crippen molar-refractivity contribution < 1.29 is 0 Å². The van der Waals surface area contributed by atoms with Crippen molar-refractivity contribution in [2.75, 3.05) is 0 Å². The number of aryl methyl sites for hydroxylation is 1. The highest BCUT2D eigenvalue weighted by Crippen LogP contribution is 2.30. The normalized spacial score (nSPS) is 11.6. The number of nitrogens with one attached hydrogen (secondary N) is 1. The molecular weight excluding hydrogens is 262 g/mol. The van der Waals surface area contributed by atoms with E-state index in [2.05, 4.69) is 30.5 Å². The van der Waals surface area contributed by atoms with Crippen molar-refractivity contribution in [2.45, 2.75) is 37.0 Å². The van der Waals surface area contributed by atoms with Crippen molar-refractivity contribution in [2.24, 2.45) is 0 Å². The van der Waals surface area contributed by atoms with Gasteiger partial charge in [-0.05, 0) is 49.0 Å². The van der Waals surface area contributed by atoms with Gasteiger partial charge in [0.2, 0.25) is 5.16 Å². The van der Waals surface area contributed by atoms with Crippen LogP contribution in [0.2, 0.25) is 0 Å². The van der Waals surface area contributed by atoms with Gasteiger partial charge in [-0.3, -0.25) is 0 Å². The molecule has 98 valence electrons. The van der Waals surface area contributed by atoms with E-state index in [-0.39, 0.29) is 6.04 Å². The molecule has 0 aromatic carbocycles. The number of fused-ring (bicyclic) bond motifs is 1. The van der Waals surface area contributed by atoms with Crippen molar-refractivity contribution in [3.63, 3.8) is 0 Å². The van der Waals surface area contributed by atoms with Gasteiger partial charge in [0.15, 0.2) is 0 Å². The predicted molar refractivity (Wildman–Crippen MR) is 71.0 cm³/mol. The van der Waals surface area contributed by atoms with E-state index in [0.29, 0.717) is 0 Å². The molecule has 0 spiro atoms. The molecule has 0 aliphatic rings. The van der Waals surface area contributed by atoms with Gasteiger partial charge in [-0.1, -0.05) is 0 Å². The second kappa shape index (κ2) is 4.61. The summed E-state index contributed by atoms with van der Waals surface area (Å²) in [5.74, 6) is 0.723. The van der Waals surface area contributed by atoms with E-state index < -0.39 is 0 Å². The molecule has 0 saturated carbocycles. The third kappa shape index (κ3) is 2.19. The highest BCUT2D eigenvalue weighted by atomic mass is 32.2. The zero-order chi connectivity index (χ0) is 13.4. The molecule has 0 atom stereocenters. The van der Waals surface area contributed by atoms with Crippen LogP contribution in [0.1, 0.15) is 25.7 Å². The molecular formula is C11H13N7S. The van der Waals surface area contributed by atoms with Crippen molar-refractivity contribution in [1.82, 2.24) is 35.2 Å². The van der Waals surface area contributed by atoms with E-state index >= 15 is 0 Å². The fourth-order valence-corrected chi connectivity index (χ4v) is 2.80. The second-order valence-corrected chi connectivity index (χ2v) is 5.37. The Morgan fingerprint density at radius 3 is 2.95 bits per heavy atom. The first kappa shape index (κ1) is 12.1. The minimum Gasteiger partial charge on any atom is -0.346 e. The molecule has 0 aliphatic carbocycles. The third-order valence-electron chi connectivity index (χ3n) is 2.63. The number of aromatic nitrogens is 7. The molecule has 3 rings (SSSR count). The zero-order valence-electron chi connectivity index (χ0n) is 10.8. The molecule has 8 heteroatoms. The summed E-state index contributed by atoms with van der Waals surface area (Å²) in [5.41, 5.74) is 0.832. The quantitative estimate of drug-likeness (QED) is 0.736. The Morgan fingerprint density at radius 1 is 1.32 bits per heavy atom. The van der Waals surface area contributed by atoms with Crippen LogP contribution in [0.4, 0.5) is 0 Å². The summed E-state index contributed by atoms with van der Waals surface area (Å²) in [4.78, 5) is 11.9. The van der Waals surface area contributed by atoms with Gasteiger partial charge >= 0.3 is 0 Å². The van der Waals surface area contributed by atoms with Gasteiger partial charge in [-0.2, -0.15) is 0 Å². The van der Waals surface area contributed by atoms with Crippen LogP contribution in [0.3, 0.4) is 0 Å². The highest BCUT2D eigenvalue weighted by molar-refractivity contribution is 7.99. The van der Waals surface area contributed by atoms with E-state index in [1.165, 1.54) is 11.8 Å². The maximum atomic E-state index is 4.47. The first-order valence-corrected chi connectivity index (χ1v) is 6.74. The first-order valence-electron chi connectivity index (χ1n) is 5.92. The lowest BCUT2D eigenvalue weighted by molar-refractivity contribution is 0.477. The maximum absolute atomic E-state index is 4.47. The smallest absolute Gasteiger partial charge is 0.215 e. The van der Waals surface area contributed by atoms with E-state index in [1.54, 1.807) is 4.68 Å². The van der Waals surface area contributed by atoms with E-state index in [9.17, 15) is 0 Å². The molecule has 0 unspecified atom stereocenters. The van der Waals surface area contributed by atoms with Crippen LogP contribution in [-0.4, -0.2) is 35.2 Å². The Labute approximate surface area is 113 Å². The fraction of sp³-hybridized carbons (Fsp3) is 0.364. The number of H-pyrrole nitrogens is 1. The molecule has 0 fully saturated rings. The topological polar surface area (TPSA) is 85.2 Å². The SMILES string of the molecule is Cc1nc(Sc2nnnn2C(C)C)c2cc[nH]c2n1. The van der Waals surface area contributed by atoms with Crippen molar-refractivity contribution in [1.29, 1.82) is 0 Å². The van der Waals surface area contributed by atoms with Crippen molar-refractivity contribution >= 4 is 22.8 Å². The van der Waals surface area contributed by atoms with Gasteiger partial charge in [0.1, 0.15) is 16.5 Å². The number of tetrazole rings is 1. The number of hydrogen-bond acceptors (Lipinski definition) is 6. The summed E-state index contributed by atoms with van der Waals surface area (Å²) in [6.45, 7) is 5.95. The van der Waals surface area contributed by atoms with E-state index in [4.69, 9.17) is 0 Å². The van der Waals surface area contributed by atoms with Crippen LogP contribution in [0.5, 0.6) is 0 Å². The minimum absolute atomic E-state index is 0.210. The number of aromatic amines is 1. The van der Waals surface area contributed by atoms with Crippen molar-refractivity contribution in [3.05, 3.63) is 18.1 Å². The lowest BCUT2D eigenvalue weighted by Crippen LogP contribution is -2.05. The highest BCUT2D eigenvalue weighted by Gasteiger charge is 2.15. The lowest BCUT2D eigenvalue weighted by atomic mass is 10.4. The number of nitrogens with zero attached hydrogens (tertiary/aromatic N) is 6. The fourth-order valence-electron chi connectivity index (χ4n) is 1.76. The Hall–Kier alpha value is -1.96. The van der Waals surface area contributed by atoms with Gasteiger partial charge in [0, 0.05) is 6.20 Å². The zero-order valence-corrected chi connectivity index (χ0v) is 11.6. The van der Waals surface area contributed by atoms with Crippen LogP contribution in [0.25, 0.3) is 11.0 Å². The average Bonchev–Trinajstić information content (AvgIpc) is 2.96. The molecule has 1 N–H and O–H groups in total. The van der Waals surface area contributed by atoms with Gasteiger partial charge in [0.05, 0.1) is 11.4 Å². The summed E-state index contributed by atoms with van der Waals surface area (Å²) >= 11 is 1.45. The molecule has 3 aromatic heterocycles. The standard InChI is InChI=1S/C11H13N7S/c1-6(2)18-11(15-16-17-18)19-10-8-4-5-12-9(8)13-7(3)14-10/h4-6H,1-3H3,(H,12,13,14). The Morgan fingerprint density at radius 2 is 2.16 bits per heavy atom. The van der Waals surface area contributed by atoms with Crippen LogP contribution in [0, 0.1) is 6.92 Å². The van der Waals surface area contributed by atoms with Gasteiger partial charge in [-0.25, -0.2) is 14.6 Å². The van der Waals surface area contributed by atoms with Crippen LogP contribution < -0.4 is 0 Å². The summed E-state index contributed by atoms with van der Waals surface area (Å²) in [6, 6.07) is 2.17. The summed E-state index contributed by atoms with van der Waals surface area (Å²) in [6.07, 6.45) is 1.86. The van der Waals surface area contributed by atoms with Crippen LogP contribution >= 0.6 is 11.8 Å². The van der Waals surface area contributed by atoms with E-state index in [0.717, 1.165) is 27.0 Å². The molecule has 19 heavy (non-hydrogen) atoms.